The molecule has 0 spiro atoms. The largest absolute Gasteiger partial charge is 0.433 e. The van der Waals surface area contributed by atoms with E-state index in [-0.39, 0.29) is 5.82 Å². The fourth-order valence-corrected chi connectivity index (χ4v) is 3.12. The van der Waals surface area contributed by atoms with E-state index in [0.717, 1.165) is 33.8 Å². The molecule has 29 heavy (non-hydrogen) atoms. The van der Waals surface area contributed by atoms with E-state index in [2.05, 4.69) is 19.9 Å². The number of aromatic amines is 1. The molecule has 0 bridgehead atoms. The van der Waals surface area contributed by atoms with E-state index in [9.17, 15) is 17.6 Å². The highest BCUT2D eigenvalue weighted by Crippen LogP contribution is 2.27. The van der Waals surface area contributed by atoms with Crippen LogP contribution in [0.1, 0.15) is 28.1 Å². The summed E-state index contributed by atoms with van der Waals surface area (Å²) in [6.45, 7) is 0. The minimum absolute atomic E-state index is 0.385. The van der Waals surface area contributed by atoms with Crippen LogP contribution >= 0.6 is 0 Å². The first-order valence-electron chi connectivity index (χ1n) is 8.96. The van der Waals surface area contributed by atoms with E-state index in [4.69, 9.17) is 0 Å². The number of aryl methyl sites for hydroxylation is 2. The Labute approximate surface area is 163 Å². The summed E-state index contributed by atoms with van der Waals surface area (Å²) in [4.78, 5) is 14.9. The molecule has 0 aromatic carbocycles. The normalized spacial score (nSPS) is 11.9. The number of H-pyrrole nitrogens is 1. The molecule has 0 saturated heterocycles. The number of fused-ring (bicyclic) bond motifs is 1. The quantitative estimate of drug-likeness (QED) is 0.486. The van der Waals surface area contributed by atoms with Gasteiger partial charge in [-0.15, -0.1) is 0 Å². The van der Waals surface area contributed by atoms with Crippen LogP contribution in [0.25, 0.3) is 11.0 Å². The van der Waals surface area contributed by atoms with Gasteiger partial charge in [-0.1, -0.05) is 12.1 Å². The average Bonchev–Trinajstić information content (AvgIpc) is 3.09. The average molecular weight is 400 g/mol. The van der Waals surface area contributed by atoms with Gasteiger partial charge in [0.1, 0.15) is 17.2 Å². The van der Waals surface area contributed by atoms with E-state index >= 15 is 0 Å². The summed E-state index contributed by atoms with van der Waals surface area (Å²) < 4.78 is 51.1. The summed E-state index contributed by atoms with van der Waals surface area (Å²) in [6, 6.07) is 7.71. The van der Waals surface area contributed by atoms with Crippen LogP contribution in [-0.2, 0) is 25.4 Å². The smallest absolute Gasteiger partial charge is 0.346 e. The summed E-state index contributed by atoms with van der Waals surface area (Å²) >= 11 is 0. The Morgan fingerprint density at radius 3 is 2.34 bits per heavy atom. The fraction of sp³-hybridized carbons (Fsp3) is 0.190. The van der Waals surface area contributed by atoms with Crippen molar-refractivity contribution in [1.82, 2.24) is 19.9 Å². The highest BCUT2D eigenvalue weighted by molar-refractivity contribution is 5.79. The third-order valence-corrected chi connectivity index (χ3v) is 4.65. The zero-order chi connectivity index (χ0) is 20.4. The first-order valence-corrected chi connectivity index (χ1v) is 8.96. The van der Waals surface area contributed by atoms with Crippen LogP contribution in [0.2, 0.25) is 0 Å². The molecule has 0 aliphatic carbocycles. The topological polar surface area (TPSA) is 54.5 Å². The second-order valence-corrected chi connectivity index (χ2v) is 6.75. The van der Waals surface area contributed by atoms with Crippen LogP contribution in [0.5, 0.6) is 0 Å². The van der Waals surface area contributed by atoms with Crippen LogP contribution in [0.15, 0.2) is 55.1 Å². The molecule has 0 atom stereocenters. The maximum atomic E-state index is 13.4. The van der Waals surface area contributed by atoms with E-state index in [0.29, 0.717) is 24.9 Å². The Balaban J connectivity index is 1.39. The van der Waals surface area contributed by atoms with E-state index in [1.165, 1.54) is 24.5 Å². The van der Waals surface area contributed by atoms with Crippen LogP contribution in [-0.4, -0.2) is 19.9 Å². The molecular weight excluding hydrogens is 384 g/mol. The van der Waals surface area contributed by atoms with Crippen LogP contribution in [0.3, 0.4) is 0 Å². The zero-order valence-electron chi connectivity index (χ0n) is 15.2. The molecule has 148 valence electrons. The van der Waals surface area contributed by atoms with Gasteiger partial charge in [-0.2, -0.15) is 13.2 Å². The fourth-order valence-electron chi connectivity index (χ4n) is 3.12. The lowest BCUT2D eigenvalue weighted by Crippen LogP contribution is -2.07. The molecule has 0 aliphatic heterocycles. The Morgan fingerprint density at radius 2 is 1.66 bits per heavy atom. The van der Waals surface area contributed by atoms with Crippen LogP contribution in [0.4, 0.5) is 17.6 Å². The van der Waals surface area contributed by atoms with Crippen molar-refractivity contribution in [3.05, 3.63) is 89.0 Å². The summed E-state index contributed by atoms with van der Waals surface area (Å²) in [6.07, 6.45) is 3.28. The molecule has 4 aromatic heterocycles. The van der Waals surface area contributed by atoms with Crippen molar-refractivity contribution in [3.8, 4) is 0 Å². The van der Waals surface area contributed by atoms with Crippen molar-refractivity contribution in [2.45, 2.75) is 25.4 Å². The molecule has 1 N–H and O–H groups in total. The Kier molecular flexibility index (Phi) is 5.00. The Bertz CT molecular complexity index is 1120. The molecule has 8 heteroatoms. The van der Waals surface area contributed by atoms with Gasteiger partial charge in [-0.25, -0.2) is 9.37 Å². The molecule has 0 amide bonds. The maximum absolute atomic E-state index is 13.4. The number of hydrogen-bond acceptors (Lipinski definition) is 3. The van der Waals surface area contributed by atoms with Gasteiger partial charge >= 0.3 is 6.18 Å². The molecule has 0 fully saturated rings. The van der Waals surface area contributed by atoms with Gasteiger partial charge in [0.2, 0.25) is 0 Å². The first kappa shape index (κ1) is 19.0. The molecule has 4 nitrogen and oxygen atoms in total. The number of rotatable bonds is 5. The van der Waals surface area contributed by atoms with Crippen molar-refractivity contribution in [2.75, 3.05) is 0 Å². The van der Waals surface area contributed by atoms with E-state index < -0.39 is 11.9 Å². The maximum Gasteiger partial charge on any atom is 0.433 e. The predicted octanol–water partition coefficient (Wildman–Crippen LogP) is 4.89. The van der Waals surface area contributed by atoms with Gasteiger partial charge in [0.25, 0.3) is 0 Å². The standard InChI is InChI=1S/C21H16F4N4/c22-16-8-18-15(11-28-20(18)29-12-16)7-14-2-5-17(26-10-14)4-1-13-3-6-19(27-9-13)21(23,24)25/h2-3,5-6,8-12H,1,4,7H2,(H,28,29). The SMILES string of the molecule is Fc1cnc2[nH]cc(Cc3ccc(CCc4ccc(C(F)(F)F)nc4)nc3)c2c1. The van der Waals surface area contributed by atoms with Crippen molar-refractivity contribution in [2.24, 2.45) is 0 Å². The van der Waals surface area contributed by atoms with E-state index in [1.54, 1.807) is 6.20 Å². The highest BCUT2D eigenvalue weighted by Gasteiger charge is 2.31. The molecule has 0 unspecified atom stereocenters. The van der Waals surface area contributed by atoms with Crippen molar-refractivity contribution in [1.29, 1.82) is 0 Å². The number of hydrogen-bond donors (Lipinski definition) is 1. The number of nitrogens with zero attached hydrogens (tertiary/aromatic N) is 3. The van der Waals surface area contributed by atoms with Gasteiger partial charge in [-0.3, -0.25) is 9.97 Å². The minimum Gasteiger partial charge on any atom is -0.346 e. The highest BCUT2D eigenvalue weighted by atomic mass is 19.4. The molecule has 0 saturated carbocycles. The Hall–Kier alpha value is -3.29. The third-order valence-electron chi connectivity index (χ3n) is 4.65. The molecule has 4 rings (SSSR count). The Morgan fingerprint density at radius 1 is 0.862 bits per heavy atom. The minimum atomic E-state index is -4.43. The lowest BCUT2D eigenvalue weighted by molar-refractivity contribution is -0.141. The van der Waals surface area contributed by atoms with Crippen molar-refractivity contribution in [3.63, 3.8) is 0 Å². The summed E-state index contributed by atoms with van der Waals surface area (Å²) in [5, 5.41) is 0.740. The van der Waals surface area contributed by atoms with Crippen LogP contribution < -0.4 is 0 Å². The molecule has 4 aromatic rings. The second kappa shape index (κ2) is 7.62. The number of pyridine rings is 3. The van der Waals surface area contributed by atoms with Crippen molar-refractivity contribution >= 4 is 11.0 Å². The zero-order valence-corrected chi connectivity index (χ0v) is 15.2. The molecule has 0 aliphatic rings. The van der Waals surface area contributed by atoms with Crippen LogP contribution in [0, 0.1) is 5.82 Å². The third kappa shape index (κ3) is 4.42. The number of nitrogens with one attached hydrogen (secondary N) is 1. The number of halogens is 4. The monoisotopic (exact) mass is 400 g/mol. The molecule has 0 radical (unpaired) electrons. The van der Waals surface area contributed by atoms with Gasteiger partial charge in [0.05, 0.1) is 6.20 Å². The summed E-state index contributed by atoms with van der Waals surface area (Å²) in [5.74, 6) is -0.385. The summed E-state index contributed by atoms with van der Waals surface area (Å²) in [7, 11) is 0. The molecule has 4 heterocycles. The van der Waals surface area contributed by atoms with Gasteiger partial charge in [0, 0.05) is 36.1 Å². The second-order valence-electron chi connectivity index (χ2n) is 6.75. The summed E-state index contributed by atoms with van der Waals surface area (Å²) in [5.41, 5.74) is 3.19. The lowest BCUT2D eigenvalue weighted by Gasteiger charge is -2.07. The van der Waals surface area contributed by atoms with Crippen molar-refractivity contribution < 1.29 is 17.6 Å². The number of alkyl halides is 3. The van der Waals surface area contributed by atoms with Gasteiger partial charge < -0.3 is 4.98 Å². The predicted molar refractivity (Wildman–Crippen MR) is 99.7 cm³/mol. The van der Waals surface area contributed by atoms with E-state index in [1.807, 2.05) is 18.3 Å². The first-order chi connectivity index (χ1) is 13.9. The molecular formula is C21H16F4N4. The lowest BCUT2D eigenvalue weighted by atomic mass is 10.1. The number of aromatic nitrogens is 4. The van der Waals surface area contributed by atoms with Gasteiger partial charge in [0.15, 0.2) is 0 Å². The van der Waals surface area contributed by atoms with Gasteiger partial charge in [-0.05, 0) is 47.7 Å².